The molecule has 0 aromatic heterocycles. The topological polar surface area (TPSA) is 58.6 Å². The fourth-order valence-corrected chi connectivity index (χ4v) is 3.62. The van der Waals surface area contributed by atoms with Crippen molar-refractivity contribution in [1.29, 1.82) is 0 Å². The number of amides is 2. The van der Waals surface area contributed by atoms with E-state index in [0.717, 1.165) is 31.4 Å². The number of aryl methyl sites for hydroxylation is 2. The van der Waals surface area contributed by atoms with Gasteiger partial charge in [0.05, 0.1) is 12.6 Å². The lowest BCUT2D eigenvalue weighted by Crippen LogP contribution is -2.51. The van der Waals surface area contributed by atoms with Gasteiger partial charge >= 0.3 is 0 Å². The number of anilines is 1. The van der Waals surface area contributed by atoms with Gasteiger partial charge < -0.3 is 15.0 Å². The monoisotopic (exact) mass is 344 g/mol. The smallest absolute Gasteiger partial charge is 0.253 e. The second-order valence-electron chi connectivity index (χ2n) is 7.29. The fourth-order valence-electron chi connectivity index (χ4n) is 3.62. The summed E-state index contributed by atoms with van der Waals surface area (Å²) >= 11 is 0. The van der Waals surface area contributed by atoms with Gasteiger partial charge in [-0.1, -0.05) is 25.3 Å². The van der Waals surface area contributed by atoms with E-state index in [9.17, 15) is 9.59 Å². The molecule has 1 saturated heterocycles. The van der Waals surface area contributed by atoms with Gasteiger partial charge in [0, 0.05) is 18.2 Å². The number of hydrogen-bond donors (Lipinski definition) is 1. The van der Waals surface area contributed by atoms with E-state index in [1.807, 2.05) is 25.1 Å². The Morgan fingerprint density at radius 1 is 1.20 bits per heavy atom. The first-order valence-electron chi connectivity index (χ1n) is 9.31. The molecule has 0 spiro atoms. The molecule has 1 heterocycles. The third kappa shape index (κ3) is 4.40. The van der Waals surface area contributed by atoms with Crippen LogP contribution in [0.3, 0.4) is 0 Å². The highest BCUT2D eigenvalue weighted by molar-refractivity contribution is 5.95. The van der Waals surface area contributed by atoms with Crippen molar-refractivity contribution in [3.8, 4) is 0 Å². The highest BCUT2D eigenvalue weighted by Gasteiger charge is 2.29. The molecule has 1 aliphatic carbocycles. The minimum atomic E-state index is -0.160. The summed E-state index contributed by atoms with van der Waals surface area (Å²) in [6.07, 6.45) is 5.35. The minimum Gasteiger partial charge on any atom is -0.365 e. The molecular formula is C20H28N2O3. The van der Waals surface area contributed by atoms with E-state index in [2.05, 4.69) is 12.2 Å². The summed E-state index contributed by atoms with van der Waals surface area (Å²) in [7, 11) is 0. The van der Waals surface area contributed by atoms with E-state index in [4.69, 9.17) is 4.74 Å². The summed E-state index contributed by atoms with van der Waals surface area (Å²) < 4.78 is 5.63. The van der Waals surface area contributed by atoms with Crippen LogP contribution in [0.25, 0.3) is 0 Å². The Labute approximate surface area is 149 Å². The van der Waals surface area contributed by atoms with Gasteiger partial charge in [-0.25, -0.2) is 0 Å². The van der Waals surface area contributed by atoms with Crippen molar-refractivity contribution < 1.29 is 14.3 Å². The molecule has 1 atom stereocenters. The Bertz CT molecular complexity index is 638. The lowest BCUT2D eigenvalue weighted by Gasteiger charge is -2.33. The maximum atomic E-state index is 12.3. The largest absolute Gasteiger partial charge is 0.365 e. The Morgan fingerprint density at radius 3 is 2.68 bits per heavy atom. The summed E-state index contributed by atoms with van der Waals surface area (Å²) in [4.78, 5) is 26.3. The molecule has 1 N–H and O–H groups in total. The molecule has 3 rings (SSSR count). The zero-order chi connectivity index (χ0) is 17.8. The Hall–Kier alpha value is -1.88. The summed E-state index contributed by atoms with van der Waals surface area (Å²) in [5, 5.41) is 3.03. The van der Waals surface area contributed by atoms with E-state index in [-0.39, 0.29) is 30.4 Å². The highest BCUT2D eigenvalue weighted by atomic mass is 16.5. The van der Waals surface area contributed by atoms with Crippen LogP contribution in [0.4, 0.5) is 5.69 Å². The minimum absolute atomic E-state index is 0.0295. The van der Waals surface area contributed by atoms with Crippen LogP contribution in [0.5, 0.6) is 0 Å². The molecule has 0 radical (unpaired) electrons. The van der Waals surface area contributed by atoms with E-state index in [1.165, 1.54) is 17.5 Å². The lowest BCUT2D eigenvalue weighted by atomic mass is 9.88. The molecule has 136 valence electrons. The van der Waals surface area contributed by atoms with Crippen molar-refractivity contribution in [3.05, 3.63) is 29.3 Å². The Balaban J connectivity index is 1.57. The van der Waals surface area contributed by atoms with Crippen LogP contribution in [0.15, 0.2) is 18.2 Å². The van der Waals surface area contributed by atoms with E-state index in [0.29, 0.717) is 13.1 Å². The maximum absolute atomic E-state index is 12.3. The molecule has 25 heavy (non-hydrogen) atoms. The van der Waals surface area contributed by atoms with Crippen molar-refractivity contribution in [1.82, 2.24) is 5.32 Å². The quantitative estimate of drug-likeness (QED) is 0.914. The summed E-state index contributed by atoms with van der Waals surface area (Å²) in [6, 6.07) is 6.05. The number of hydrogen-bond acceptors (Lipinski definition) is 3. The van der Waals surface area contributed by atoms with Crippen LogP contribution in [-0.2, 0) is 14.3 Å². The number of rotatable bonds is 4. The van der Waals surface area contributed by atoms with Crippen LogP contribution < -0.4 is 10.2 Å². The van der Waals surface area contributed by atoms with Crippen LogP contribution >= 0.6 is 0 Å². The first-order valence-corrected chi connectivity index (χ1v) is 9.31. The first kappa shape index (κ1) is 17.9. The van der Waals surface area contributed by atoms with Gasteiger partial charge in [-0.2, -0.15) is 0 Å². The van der Waals surface area contributed by atoms with Crippen molar-refractivity contribution in [2.45, 2.75) is 52.1 Å². The van der Waals surface area contributed by atoms with Crippen LogP contribution in [0, 0.1) is 19.8 Å². The molecule has 1 aromatic carbocycles. The van der Waals surface area contributed by atoms with Crippen LogP contribution in [0.1, 0.15) is 43.2 Å². The normalized spacial score (nSPS) is 22.1. The highest BCUT2D eigenvalue weighted by Crippen LogP contribution is 2.24. The van der Waals surface area contributed by atoms with Crippen LogP contribution in [0.2, 0.25) is 0 Å². The molecule has 1 unspecified atom stereocenters. The molecule has 1 saturated carbocycles. The number of benzene rings is 1. The standard InChI is InChI=1S/C20H28N2O3/c1-14-8-9-17(10-15(14)2)22-12-18(25-13-19(22)23)11-21-20(24)16-6-4-3-5-7-16/h8-10,16,18H,3-7,11-13H2,1-2H3,(H,21,24). The molecule has 1 aromatic rings. The van der Waals surface area contributed by atoms with Gasteiger partial charge in [-0.3, -0.25) is 9.59 Å². The SMILES string of the molecule is Cc1ccc(N2CC(CNC(=O)C3CCCCC3)OCC2=O)cc1C. The second kappa shape index (κ2) is 8.00. The number of morpholine rings is 1. The zero-order valence-electron chi connectivity index (χ0n) is 15.2. The van der Waals surface area contributed by atoms with Gasteiger partial charge in [0.1, 0.15) is 6.61 Å². The number of ether oxygens (including phenoxy) is 1. The lowest BCUT2D eigenvalue weighted by molar-refractivity contribution is -0.130. The van der Waals surface area contributed by atoms with Crippen molar-refractivity contribution >= 4 is 17.5 Å². The number of carbonyl (C=O) groups excluding carboxylic acids is 2. The maximum Gasteiger partial charge on any atom is 0.253 e. The third-order valence-electron chi connectivity index (χ3n) is 5.41. The van der Waals surface area contributed by atoms with E-state index >= 15 is 0 Å². The van der Waals surface area contributed by atoms with Gasteiger partial charge in [0.25, 0.3) is 5.91 Å². The fraction of sp³-hybridized carbons (Fsp3) is 0.600. The second-order valence-corrected chi connectivity index (χ2v) is 7.29. The number of nitrogens with one attached hydrogen (secondary N) is 1. The molecule has 5 heteroatoms. The van der Waals surface area contributed by atoms with Crippen molar-refractivity contribution in [2.24, 2.45) is 5.92 Å². The Kier molecular flexibility index (Phi) is 5.74. The van der Waals surface area contributed by atoms with Crippen molar-refractivity contribution in [3.63, 3.8) is 0 Å². The average molecular weight is 344 g/mol. The third-order valence-corrected chi connectivity index (χ3v) is 5.41. The predicted molar refractivity (Wildman–Crippen MR) is 97.6 cm³/mol. The Morgan fingerprint density at radius 2 is 1.96 bits per heavy atom. The van der Waals surface area contributed by atoms with E-state index < -0.39 is 0 Å². The van der Waals surface area contributed by atoms with Gasteiger partial charge in [-0.05, 0) is 49.9 Å². The predicted octanol–water partition coefficient (Wildman–Crippen LogP) is 2.73. The van der Waals surface area contributed by atoms with E-state index in [1.54, 1.807) is 4.90 Å². The van der Waals surface area contributed by atoms with Gasteiger partial charge in [-0.15, -0.1) is 0 Å². The molecule has 2 fully saturated rings. The molecule has 2 amide bonds. The molecule has 1 aliphatic heterocycles. The molecule has 2 aliphatic rings. The summed E-state index contributed by atoms with van der Waals surface area (Å²) in [5.41, 5.74) is 3.28. The number of carbonyl (C=O) groups is 2. The van der Waals surface area contributed by atoms with Crippen LogP contribution in [-0.4, -0.2) is 37.6 Å². The number of nitrogens with zero attached hydrogens (tertiary/aromatic N) is 1. The zero-order valence-corrected chi connectivity index (χ0v) is 15.2. The average Bonchev–Trinajstić information content (AvgIpc) is 2.64. The molecule has 0 bridgehead atoms. The summed E-state index contributed by atoms with van der Waals surface area (Å²) in [6.45, 7) is 5.11. The summed E-state index contributed by atoms with van der Waals surface area (Å²) in [5.74, 6) is 0.255. The molecule has 5 nitrogen and oxygen atoms in total. The first-order chi connectivity index (χ1) is 12.0. The van der Waals surface area contributed by atoms with Crippen molar-refractivity contribution in [2.75, 3.05) is 24.6 Å². The van der Waals surface area contributed by atoms with Gasteiger partial charge in [0.15, 0.2) is 0 Å². The molecular weight excluding hydrogens is 316 g/mol. The van der Waals surface area contributed by atoms with Gasteiger partial charge in [0.2, 0.25) is 5.91 Å².